The first kappa shape index (κ1) is 21.3. The maximum absolute atomic E-state index is 12.1. The number of rotatable bonds is 10. The van der Waals surface area contributed by atoms with Crippen LogP contribution in [0.15, 0.2) is 42.5 Å². The van der Waals surface area contributed by atoms with Crippen LogP contribution >= 0.6 is 0 Å². The normalized spacial score (nSPS) is 10.2. The Morgan fingerprint density at radius 2 is 1.64 bits per heavy atom. The molecule has 0 aliphatic heterocycles. The Morgan fingerprint density at radius 3 is 2.36 bits per heavy atom. The van der Waals surface area contributed by atoms with E-state index in [0.717, 1.165) is 16.9 Å². The van der Waals surface area contributed by atoms with Crippen LogP contribution < -0.4 is 20.1 Å². The molecule has 0 aliphatic rings. The Balaban J connectivity index is 1.60. The second-order valence-corrected chi connectivity index (χ2v) is 6.51. The number of benzene rings is 2. The smallest absolute Gasteiger partial charge is 0.251 e. The minimum absolute atomic E-state index is 0.0549. The van der Waals surface area contributed by atoms with Crippen LogP contribution in [-0.2, 0) is 4.79 Å². The second kappa shape index (κ2) is 11.0. The molecule has 0 unspecified atom stereocenters. The van der Waals surface area contributed by atoms with Gasteiger partial charge < -0.3 is 20.1 Å². The molecule has 0 heterocycles. The second-order valence-electron chi connectivity index (χ2n) is 6.51. The van der Waals surface area contributed by atoms with E-state index in [9.17, 15) is 9.59 Å². The van der Waals surface area contributed by atoms with Gasteiger partial charge >= 0.3 is 0 Å². The lowest BCUT2D eigenvalue weighted by molar-refractivity contribution is -0.121. The van der Waals surface area contributed by atoms with Crippen molar-refractivity contribution in [3.63, 3.8) is 0 Å². The first-order valence-corrected chi connectivity index (χ1v) is 9.39. The Labute approximate surface area is 166 Å². The first-order valence-electron chi connectivity index (χ1n) is 9.39. The van der Waals surface area contributed by atoms with Gasteiger partial charge in [-0.05, 0) is 49.6 Å². The van der Waals surface area contributed by atoms with Crippen LogP contribution in [0.3, 0.4) is 0 Å². The van der Waals surface area contributed by atoms with E-state index in [0.29, 0.717) is 43.9 Å². The lowest BCUT2D eigenvalue weighted by Crippen LogP contribution is -2.34. The van der Waals surface area contributed by atoms with Crippen molar-refractivity contribution in [3.05, 3.63) is 59.2 Å². The van der Waals surface area contributed by atoms with Crippen molar-refractivity contribution >= 4 is 11.8 Å². The number of hydrogen-bond donors (Lipinski definition) is 2. The summed E-state index contributed by atoms with van der Waals surface area (Å²) < 4.78 is 10.9. The first-order chi connectivity index (χ1) is 13.5. The molecular weight excluding hydrogens is 356 g/mol. The number of ether oxygens (including phenoxy) is 2. The van der Waals surface area contributed by atoms with Gasteiger partial charge in [0.15, 0.2) is 0 Å². The maximum atomic E-state index is 12.1. The average molecular weight is 384 g/mol. The van der Waals surface area contributed by atoms with Gasteiger partial charge in [-0.15, -0.1) is 0 Å². The predicted octanol–water partition coefficient (Wildman–Crippen LogP) is 3.02. The Morgan fingerprint density at radius 1 is 0.964 bits per heavy atom. The SMILES string of the molecule is COc1cccc(C(=O)NCCNC(=O)CCCOc2c(C)cccc2C)c1. The average Bonchev–Trinajstić information content (AvgIpc) is 2.70. The maximum Gasteiger partial charge on any atom is 0.251 e. The molecule has 2 amide bonds. The van der Waals surface area contributed by atoms with Gasteiger partial charge in [-0.25, -0.2) is 0 Å². The monoisotopic (exact) mass is 384 g/mol. The summed E-state index contributed by atoms with van der Waals surface area (Å²) in [6.45, 7) is 5.25. The number of aryl methyl sites for hydroxylation is 2. The van der Waals surface area contributed by atoms with Gasteiger partial charge in [-0.1, -0.05) is 24.3 Å². The highest BCUT2D eigenvalue weighted by Crippen LogP contribution is 2.22. The molecule has 0 bridgehead atoms. The number of methoxy groups -OCH3 is 1. The Kier molecular flexibility index (Phi) is 8.34. The fourth-order valence-electron chi connectivity index (χ4n) is 2.77. The standard InChI is InChI=1S/C22H28N2O4/c1-16-7-4-8-17(2)21(16)28-14-6-11-20(25)23-12-13-24-22(26)18-9-5-10-19(15-18)27-3/h4-5,7-10,15H,6,11-14H2,1-3H3,(H,23,25)(H,24,26). The van der Waals surface area contributed by atoms with Crippen LogP contribution in [-0.4, -0.2) is 38.6 Å². The summed E-state index contributed by atoms with van der Waals surface area (Å²) in [7, 11) is 1.56. The van der Waals surface area contributed by atoms with Crippen LogP contribution in [0.25, 0.3) is 0 Å². The number of amides is 2. The van der Waals surface area contributed by atoms with E-state index in [2.05, 4.69) is 10.6 Å². The third-order valence-corrected chi connectivity index (χ3v) is 4.27. The highest BCUT2D eigenvalue weighted by atomic mass is 16.5. The van der Waals surface area contributed by atoms with Crippen molar-refractivity contribution in [1.82, 2.24) is 10.6 Å². The fraction of sp³-hybridized carbons (Fsp3) is 0.364. The van der Waals surface area contributed by atoms with Gasteiger partial charge in [0.1, 0.15) is 11.5 Å². The molecule has 2 rings (SSSR count). The zero-order chi connectivity index (χ0) is 20.4. The highest BCUT2D eigenvalue weighted by Gasteiger charge is 2.07. The molecule has 6 nitrogen and oxygen atoms in total. The van der Waals surface area contributed by atoms with E-state index < -0.39 is 0 Å². The van der Waals surface area contributed by atoms with Crippen molar-refractivity contribution in [1.29, 1.82) is 0 Å². The fourth-order valence-corrected chi connectivity index (χ4v) is 2.77. The molecule has 0 radical (unpaired) electrons. The summed E-state index contributed by atoms with van der Waals surface area (Å²) in [5.41, 5.74) is 2.71. The number of para-hydroxylation sites is 1. The van der Waals surface area contributed by atoms with Crippen LogP contribution in [0.5, 0.6) is 11.5 Å². The molecule has 0 aliphatic carbocycles. The summed E-state index contributed by atoms with van der Waals surface area (Å²) >= 11 is 0. The van der Waals surface area contributed by atoms with Crippen LogP contribution in [0.1, 0.15) is 34.3 Å². The highest BCUT2D eigenvalue weighted by molar-refractivity contribution is 5.94. The molecule has 0 saturated carbocycles. The summed E-state index contributed by atoms with van der Waals surface area (Å²) in [4.78, 5) is 24.0. The zero-order valence-corrected chi connectivity index (χ0v) is 16.7. The molecule has 6 heteroatoms. The van der Waals surface area contributed by atoms with Gasteiger partial charge in [-0.2, -0.15) is 0 Å². The van der Waals surface area contributed by atoms with E-state index in [4.69, 9.17) is 9.47 Å². The molecule has 2 N–H and O–H groups in total. The summed E-state index contributed by atoms with van der Waals surface area (Å²) in [6.07, 6.45) is 1.02. The van der Waals surface area contributed by atoms with Gasteiger partial charge in [0.05, 0.1) is 13.7 Å². The van der Waals surface area contributed by atoms with E-state index in [1.54, 1.807) is 31.4 Å². The van der Waals surface area contributed by atoms with Crippen LogP contribution in [0.2, 0.25) is 0 Å². The molecule has 0 fully saturated rings. The largest absolute Gasteiger partial charge is 0.497 e. The van der Waals surface area contributed by atoms with Gasteiger partial charge in [0.2, 0.25) is 5.91 Å². The van der Waals surface area contributed by atoms with Crippen molar-refractivity contribution < 1.29 is 19.1 Å². The minimum atomic E-state index is -0.199. The lowest BCUT2D eigenvalue weighted by Gasteiger charge is -2.12. The predicted molar refractivity (Wildman–Crippen MR) is 109 cm³/mol. The lowest BCUT2D eigenvalue weighted by atomic mass is 10.1. The van der Waals surface area contributed by atoms with Gasteiger partial charge in [-0.3, -0.25) is 9.59 Å². The number of hydrogen-bond acceptors (Lipinski definition) is 4. The summed E-state index contributed by atoms with van der Waals surface area (Å²) in [5, 5.41) is 5.57. The van der Waals surface area contributed by atoms with E-state index in [1.807, 2.05) is 32.0 Å². The van der Waals surface area contributed by atoms with Crippen LogP contribution in [0, 0.1) is 13.8 Å². The zero-order valence-electron chi connectivity index (χ0n) is 16.7. The third kappa shape index (κ3) is 6.61. The van der Waals surface area contributed by atoms with Crippen LogP contribution in [0.4, 0.5) is 0 Å². The number of nitrogens with one attached hydrogen (secondary N) is 2. The van der Waals surface area contributed by atoms with Gasteiger partial charge in [0.25, 0.3) is 5.91 Å². The molecule has 0 spiro atoms. The minimum Gasteiger partial charge on any atom is -0.497 e. The third-order valence-electron chi connectivity index (χ3n) is 4.27. The molecule has 28 heavy (non-hydrogen) atoms. The molecule has 2 aromatic rings. The molecule has 2 aromatic carbocycles. The van der Waals surface area contributed by atoms with E-state index >= 15 is 0 Å². The van der Waals surface area contributed by atoms with E-state index in [1.165, 1.54) is 0 Å². The molecule has 0 saturated heterocycles. The van der Waals surface area contributed by atoms with Crippen molar-refractivity contribution in [2.24, 2.45) is 0 Å². The molecular formula is C22H28N2O4. The van der Waals surface area contributed by atoms with Crippen molar-refractivity contribution in [2.45, 2.75) is 26.7 Å². The van der Waals surface area contributed by atoms with E-state index in [-0.39, 0.29) is 11.8 Å². The number of carbonyl (C=O) groups excluding carboxylic acids is 2. The summed E-state index contributed by atoms with van der Waals surface area (Å²) in [5.74, 6) is 1.27. The number of carbonyl (C=O) groups is 2. The van der Waals surface area contributed by atoms with Gasteiger partial charge in [0, 0.05) is 25.1 Å². The Hall–Kier alpha value is -3.02. The topological polar surface area (TPSA) is 76.7 Å². The quantitative estimate of drug-likeness (QED) is 0.618. The Bertz CT molecular complexity index is 785. The molecule has 0 atom stereocenters. The van der Waals surface area contributed by atoms with Crippen molar-refractivity contribution in [3.8, 4) is 11.5 Å². The molecule has 150 valence electrons. The van der Waals surface area contributed by atoms with Crippen molar-refractivity contribution in [2.75, 3.05) is 26.8 Å². The summed E-state index contributed by atoms with van der Waals surface area (Å²) in [6, 6.07) is 12.9. The molecule has 0 aromatic heterocycles.